The van der Waals surface area contributed by atoms with Crippen molar-refractivity contribution in [2.24, 2.45) is 0 Å². The fraction of sp³-hybridized carbons (Fsp3) is 0.364. The quantitative estimate of drug-likeness (QED) is 0.839. The minimum atomic E-state index is -0.107. The molecular formula is C22H28N2O2. The van der Waals surface area contributed by atoms with Gasteiger partial charge in [-0.2, -0.15) is 0 Å². The average molecular weight is 352 g/mol. The maximum Gasteiger partial charge on any atom is 0.254 e. The molecule has 0 spiro atoms. The van der Waals surface area contributed by atoms with Crippen LogP contribution in [0.3, 0.4) is 0 Å². The third-order valence-corrected chi connectivity index (χ3v) is 4.28. The van der Waals surface area contributed by atoms with Crippen molar-refractivity contribution in [1.82, 2.24) is 10.2 Å². The number of carbonyl (C=O) groups is 2. The van der Waals surface area contributed by atoms with E-state index in [1.54, 1.807) is 6.07 Å². The summed E-state index contributed by atoms with van der Waals surface area (Å²) in [5.41, 5.74) is 2.96. The first-order valence-electron chi connectivity index (χ1n) is 9.17. The van der Waals surface area contributed by atoms with Crippen LogP contribution in [0.5, 0.6) is 0 Å². The highest BCUT2D eigenvalue weighted by Gasteiger charge is 2.24. The Hall–Kier alpha value is -2.62. The summed E-state index contributed by atoms with van der Waals surface area (Å²) in [5, 5.41) is 2.81. The lowest BCUT2D eigenvalue weighted by Gasteiger charge is -2.31. The van der Waals surface area contributed by atoms with Crippen molar-refractivity contribution in [1.29, 1.82) is 0 Å². The van der Waals surface area contributed by atoms with Gasteiger partial charge in [-0.05, 0) is 63.9 Å². The van der Waals surface area contributed by atoms with Gasteiger partial charge in [-0.3, -0.25) is 9.59 Å². The highest BCUT2D eigenvalue weighted by Crippen LogP contribution is 2.27. The topological polar surface area (TPSA) is 49.4 Å². The second-order valence-corrected chi connectivity index (χ2v) is 6.89. The van der Waals surface area contributed by atoms with Crippen LogP contribution < -0.4 is 5.32 Å². The molecule has 2 amide bonds. The Labute approximate surface area is 156 Å². The summed E-state index contributed by atoms with van der Waals surface area (Å²) in [4.78, 5) is 27.2. The lowest BCUT2D eigenvalue weighted by atomic mass is 9.96. The zero-order valence-electron chi connectivity index (χ0n) is 16.2. The van der Waals surface area contributed by atoms with Gasteiger partial charge in [0, 0.05) is 29.8 Å². The van der Waals surface area contributed by atoms with Gasteiger partial charge in [0.1, 0.15) is 0 Å². The highest BCUT2D eigenvalue weighted by atomic mass is 16.2. The minimum Gasteiger partial charge on any atom is -0.352 e. The van der Waals surface area contributed by atoms with Gasteiger partial charge in [0.05, 0.1) is 0 Å². The summed E-state index contributed by atoms with van der Waals surface area (Å²) in [6.45, 7) is 10.6. The van der Waals surface area contributed by atoms with E-state index in [4.69, 9.17) is 0 Å². The van der Waals surface area contributed by atoms with E-state index in [-0.39, 0.29) is 23.9 Å². The van der Waals surface area contributed by atoms with Crippen LogP contribution in [0.2, 0.25) is 0 Å². The molecule has 4 heteroatoms. The van der Waals surface area contributed by atoms with Gasteiger partial charge in [0.2, 0.25) is 0 Å². The van der Waals surface area contributed by atoms with Crippen molar-refractivity contribution in [3.05, 3.63) is 59.7 Å². The molecule has 2 aromatic rings. The van der Waals surface area contributed by atoms with Crippen molar-refractivity contribution in [3.63, 3.8) is 0 Å². The van der Waals surface area contributed by atoms with Crippen molar-refractivity contribution >= 4 is 11.8 Å². The maximum atomic E-state index is 13.2. The second-order valence-electron chi connectivity index (χ2n) is 6.89. The molecule has 138 valence electrons. The molecule has 2 aromatic carbocycles. The lowest BCUT2D eigenvalue weighted by molar-refractivity contribution is 0.0644. The van der Waals surface area contributed by atoms with Gasteiger partial charge >= 0.3 is 0 Å². The van der Waals surface area contributed by atoms with Crippen LogP contribution >= 0.6 is 0 Å². The van der Waals surface area contributed by atoms with E-state index in [1.807, 2.05) is 82.0 Å². The standard InChI is InChI=1S/C22H28N2O2/c1-6-23-21(25)18-11-9-10-17(14-18)19-12-7-8-13-20(19)22(26)24(15(2)3)16(4)5/h7-16H,6H2,1-5H3,(H,23,25). The fourth-order valence-corrected chi connectivity index (χ4v) is 3.22. The second kappa shape index (κ2) is 8.65. The summed E-state index contributed by atoms with van der Waals surface area (Å²) in [6.07, 6.45) is 0. The van der Waals surface area contributed by atoms with Crippen molar-refractivity contribution < 1.29 is 9.59 Å². The number of amides is 2. The first-order valence-corrected chi connectivity index (χ1v) is 9.17. The number of benzene rings is 2. The summed E-state index contributed by atoms with van der Waals surface area (Å²) >= 11 is 0. The summed E-state index contributed by atoms with van der Waals surface area (Å²) in [6, 6.07) is 15.2. The van der Waals surface area contributed by atoms with E-state index in [9.17, 15) is 9.59 Å². The van der Waals surface area contributed by atoms with Crippen LogP contribution in [0.1, 0.15) is 55.3 Å². The van der Waals surface area contributed by atoms with Gasteiger partial charge < -0.3 is 10.2 Å². The predicted octanol–water partition coefficient (Wildman–Crippen LogP) is 4.36. The third kappa shape index (κ3) is 4.31. The van der Waals surface area contributed by atoms with Crippen molar-refractivity contribution in [2.45, 2.75) is 46.7 Å². The number of hydrogen-bond acceptors (Lipinski definition) is 2. The fourth-order valence-electron chi connectivity index (χ4n) is 3.22. The molecule has 1 N–H and O–H groups in total. The normalized spacial score (nSPS) is 10.9. The molecular weight excluding hydrogens is 324 g/mol. The number of nitrogens with one attached hydrogen (secondary N) is 1. The Morgan fingerprint density at radius 2 is 1.62 bits per heavy atom. The number of hydrogen-bond donors (Lipinski definition) is 1. The molecule has 0 aromatic heterocycles. The molecule has 0 aliphatic rings. The zero-order valence-corrected chi connectivity index (χ0v) is 16.2. The van der Waals surface area contributed by atoms with Gasteiger partial charge in [-0.1, -0.05) is 30.3 Å². The van der Waals surface area contributed by atoms with E-state index in [0.717, 1.165) is 11.1 Å². The molecule has 0 aliphatic carbocycles. The third-order valence-electron chi connectivity index (χ3n) is 4.28. The molecule has 0 saturated carbocycles. The van der Waals surface area contributed by atoms with Crippen LogP contribution in [-0.2, 0) is 0 Å². The molecule has 0 aliphatic heterocycles. The smallest absolute Gasteiger partial charge is 0.254 e. The molecule has 0 bridgehead atoms. The molecule has 0 saturated heterocycles. The SMILES string of the molecule is CCNC(=O)c1cccc(-c2ccccc2C(=O)N(C(C)C)C(C)C)c1. The molecule has 0 atom stereocenters. The molecule has 4 nitrogen and oxygen atoms in total. The maximum absolute atomic E-state index is 13.2. The number of nitrogens with zero attached hydrogens (tertiary/aromatic N) is 1. The Balaban J connectivity index is 2.48. The molecule has 26 heavy (non-hydrogen) atoms. The Bertz CT molecular complexity index is 773. The Kier molecular flexibility index (Phi) is 6.56. The van der Waals surface area contributed by atoms with Crippen LogP contribution in [0.4, 0.5) is 0 Å². The van der Waals surface area contributed by atoms with Crippen molar-refractivity contribution in [2.75, 3.05) is 6.54 Å². The van der Waals surface area contributed by atoms with E-state index in [2.05, 4.69) is 5.32 Å². The number of rotatable bonds is 6. The van der Waals surface area contributed by atoms with Gasteiger partial charge in [0.15, 0.2) is 0 Å². The van der Waals surface area contributed by atoms with Crippen LogP contribution in [0, 0.1) is 0 Å². The van der Waals surface area contributed by atoms with Gasteiger partial charge in [0.25, 0.3) is 11.8 Å². The molecule has 0 unspecified atom stereocenters. The van der Waals surface area contributed by atoms with E-state index < -0.39 is 0 Å². The van der Waals surface area contributed by atoms with Crippen LogP contribution in [0.15, 0.2) is 48.5 Å². The minimum absolute atomic E-state index is 0.00835. The summed E-state index contributed by atoms with van der Waals surface area (Å²) < 4.78 is 0. The van der Waals surface area contributed by atoms with E-state index in [1.165, 1.54) is 0 Å². The van der Waals surface area contributed by atoms with Crippen LogP contribution in [-0.4, -0.2) is 35.3 Å². The van der Waals surface area contributed by atoms with E-state index >= 15 is 0 Å². The molecule has 0 fully saturated rings. The zero-order chi connectivity index (χ0) is 19.3. The first kappa shape index (κ1) is 19.7. The number of carbonyl (C=O) groups excluding carboxylic acids is 2. The van der Waals surface area contributed by atoms with E-state index in [0.29, 0.717) is 17.7 Å². The van der Waals surface area contributed by atoms with Gasteiger partial charge in [-0.25, -0.2) is 0 Å². The predicted molar refractivity (Wildman–Crippen MR) is 106 cm³/mol. The summed E-state index contributed by atoms with van der Waals surface area (Å²) in [7, 11) is 0. The first-order chi connectivity index (χ1) is 12.4. The molecule has 2 rings (SSSR count). The van der Waals surface area contributed by atoms with Crippen LogP contribution in [0.25, 0.3) is 11.1 Å². The monoisotopic (exact) mass is 352 g/mol. The highest BCUT2D eigenvalue weighted by molar-refractivity contribution is 6.02. The Morgan fingerprint density at radius 1 is 0.962 bits per heavy atom. The van der Waals surface area contributed by atoms with Gasteiger partial charge in [-0.15, -0.1) is 0 Å². The largest absolute Gasteiger partial charge is 0.352 e. The lowest BCUT2D eigenvalue weighted by Crippen LogP contribution is -2.42. The molecule has 0 radical (unpaired) electrons. The van der Waals surface area contributed by atoms with Crippen molar-refractivity contribution in [3.8, 4) is 11.1 Å². The molecule has 0 heterocycles. The summed E-state index contributed by atoms with van der Waals surface area (Å²) in [5.74, 6) is -0.0989. The average Bonchev–Trinajstić information content (AvgIpc) is 2.61. The Morgan fingerprint density at radius 3 is 2.23 bits per heavy atom.